The average molecular weight is 830 g/mol. The van der Waals surface area contributed by atoms with Gasteiger partial charge in [0.25, 0.3) is 5.91 Å². The number of amides is 1. The summed E-state index contributed by atoms with van der Waals surface area (Å²) in [6, 6.07) is 22.0. The molecule has 0 aliphatic carbocycles. The number of fused-ring (bicyclic) bond motifs is 3. The number of carbonyl (C=O) groups excluding carboxylic acids is 2. The number of halogens is 1. The van der Waals surface area contributed by atoms with Crippen molar-refractivity contribution in [3.63, 3.8) is 0 Å². The van der Waals surface area contributed by atoms with Crippen LogP contribution in [0.5, 0.6) is 11.5 Å². The van der Waals surface area contributed by atoms with Crippen LogP contribution in [0, 0.1) is 0 Å². The predicted octanol–water partition coefficient (Wildman–Crippen LogP) is 7.70. The number of pyridine rings is 4. The number of anilines is 2. The van der Waals surface area contributed by atoms with Crippen LogP contribution in [0.3, 0.4) is 0 Å². The first-order chi connectivity index (χ1) is 27.8. The molecule has 0 fully saturated rings. The molecule has 6 aromatic heterocycles. The molecule has 8 aromatic rings. The van der Waals surface area contributed by atoms with Gasteiger partial charge >= 0.3 is 5.97 Å². The zero-order chi connectivity index (χ0) is 39.9. The van der Waals surface area contributed by atoms with E-state index < -0.39 is 5.97 Å². The zero-order valence-electron chi connectivity index (χ0n) is 30.8. The normalized spacial score (nSPS) is 11.6. The molecule has 0 radical (unpaired) electrons. The van der Waals surface area contributed by atoms with Crippen molar-refractivity contribution >= 4 is 61.4 Å². The summed E-state index contributed by atoms with van der Waals surface area (Å²) in [5.41, 5.74) is 13.9. The molecule has 286 valence electrons. The molecule has 9 rings (SSSR count). The zero-order valence-corrected chi connectivity index (χ0v) is 32.3. The highest BCUT2D eigenvalue weighted by atomic mass is 79.9. The third kappa shape index (κ3) is 8.40. The summed E-state index contributed by atoms with van der Waals surface area (Å²) in [6.45, 7) is 0.442. The number of benzene rings is 2. The molecule has 7 heterocycles. The van der Waals surface area contributed by atoms with Gasteiger partial charge in [0.1, 0.15) is 28.2 Å². The van der Waals surface area contributed by atoms with Crippen LogP contribution in [-0.4, -0.2) is 63.1 Å². The van der Waals surface area contributed by atoms with E-state index in [9.17, 15) is 9.59 Å². The molecule has 1 aliphatic rings. The Labute approximate surface area is 333 Å². The Kier molecular flexibility index (Phi) is 11.4. The van der Waals surface area contributed by atoms with Crippen LogP contribution in [0.25, 0.3) is 45.1 Å². The Morgan fingerprint density at radius 1 is 0.789 bits per heavy atom. The van der Waals surface area contributed by atoms with Gasteiger partial charge in [-0.3, -0.25) is 14.8 Å². The van der Waals surface area contributed by atoms with Crippen LogP contribution in [-0.2, 0) is 16.6 Å². The van der Waals surface area contributed by atoms with Crippen molar-refractivity contribution in [1.82, 2.24) is 29.9 Å². The van der Waals surface area contributed by atoms with Crippen molar-refractivity contribution in [2.45, 2.75) is 11.9 Å². The molecule has 0 saturated carbocycles. The van der Waals surface area contributed by atoms with Crippen LogP contribution in [0.15, 0.2) is 119 Å². The van der Waals surface area contributed by atoms with E-state index in [1.54, 1.807) is 68.3 Å². The van der Waals surface area contributed by atoms with Gasteiger partial charge in [-0.25, -0.2) is 24.7 Å². The first kappa shape index (κ1) is 38.1. The maximum absolute atomic E-state index is 12.7. The van der Waals surface area contributed by atoms with E-state index in [2.05, 4.69) is 50.6 Å². The fourth-order valence-electron chi connectivity index (χ4n) is 5.73. The number of alkyl halides is 1. The molecule has 0 saturated heterocycles. The SMILES string of the molecule is COC(=O)c1ncc(OC)cc1CBr.COc1cnc2c(c1)CN(c1ccc3oc(-c4cccnc4)nc3c1)C2=O.Nc1ccc2oc(-c3cccnc3)nc2c1. The fraction of sp³-hybridized carbons (Fsp3) is 0.122. The number of nitrogen functional groups attached to an aromatic ring is 1. The molecule has 15 nitrogen and oxygen atoms in total. The smallest absolute Gasteiger partial charge is 0.356 e. The topological polar surface area (TPSA) is 195 Å². The lowest BCUT2D eigenvalue weighted by Gasteiger charge is -2.14. The molecule has 2 N–H and O–H groups in total. The summed E-state index contributed by atoms with van der Waals surface area (Å²) >= 11 is 3.27. The summed E-state index contributed by atoms with van der Waals surface area (Å²) in [5.74, 6) is 1.74. The van der Waals surface area contributed by atoms with E-state index in [4.69, 9.17) is 24.0 Å². The molecule has 0 spiro atoms. The number of nitrogens with zero attached hydrogens (tertiary/aromatic N) is 7. The number of hydrogen-bond donors (Lipinski definition) is 1. The number of esters is 1. The number of hydrogen-bond acceptors (Lipinski definition) is 14. The Morgan fingerprint density at radius 3 is 2.00 bits per heavy atom. The highest BCUT2D eigenvalue weighted by Crippen LogP contribution is 2.32. The minimum atomic E-state index is -0.442. The second kappa shape index (κ2) is 17.1. The number of methoxy groups -OCH3 is 3. The molecule has 57 heavy (non-hydrogen) atoms. The van der Waals surface area contributed by atoms with E-state index >= 15 is 0 Å². The van der Waals surface area contributed by atoms with Gasteiger partial charge < -0.3 is 33.7 Å². The summed E-state index contributed by atoms with van der Waals surface area (Å²) in [7, 11) is 4.45. The van der Waals surface area contributed by atoms with Crippen molar-refractivity contribution < 1.29 is 32.6 Å². The lowest BCUT2D eigenvalue weighted by atomic mass is 10.2. The van der Waals surface area contributed by atoms with Gasteiger partial charge in [-0.15, -0.1) is 0 Å². The molecular weight excluding hydrogens is 796 g/mol. The van der Waals surface area contributed by atoms with Crippen LogP contribution < -0.4 is 20.1 Å². The highest BCUT2D eigenvalue weighted by molar-refractivity contribution is 9.08. The van der Waals surface area contributed by atoms with Gasteiger partial charge in [0.05, 0.1) is 51.4 Å². The Hall–Kier alpha value is -7.20. The average Bonchev–Trinajstić information content (AvgIpc) is 3.98. The quantitative estimate of drug-likeness (QED) is 0.0932. The third-order valence-corrected chi connectivity index (χ3v) is 9.17. The summed E-state index contributed by atoms with van der Waals surface area (Å²) in [5, 5.41) is 0.529. The van der Waals surface area contributed by atoms with Crippen LogP contribution in [0.4, 0.5) is 11.4 Å². The van der Waals surface area contributed by atoms with Crippen LogP contribution in [0.1, 0.15) is 32.1 Å². The molecule has 0 bridgehead atoms. The number of ether oxygens (including phenoxy) is 3. The number of rotatable bonds is 7. The van der Waals surface area contributed by atoms with Crippen molar-refractivity contribution in [2.24, 2.45) is 0 Å². The van der Waals surface area contributed by atoms with Crippen molar-refractivity contribution in [3.8, 4) is 34.4 Å². The Balaban J connectivity index is 0.000000142. The highest BCUT2D eigenvalue weighted by Gasteiger charge is 2.31. The molecule has 1 amide bonds. The van der Waals surface area contributed by atoms with Gasteiger partial charge in [-0.1, -0.05) is 15.9 Å². The van der Waals surface area contributed by atoms with Crippen molar-refractivity contribution in [3.05, 3.63) is 132 Å². The molecule has 0 atom stereocenters. The molecule has 2 aromatic carbocycles. The van der Waals surface area contributed by atoms with Gasteiger partial charge in [-0.05, 0) is 78.4 Å². The van der Waals surface area contributed by atoms with Crippen LogP contribution >= 0.6 is 15.9 Å². The van der Waals surface area contributed by atoms with E-state index in [0.29, 0.717) is 63.3 Å². The lowest BCUT2D eigenvalue weighted by Crippen LogP contribution is -2.23. The van der Waals surface area contributed by atoms with E-state index in [1.165, 1.54) is 13.3 Å². The minimum absolute atomic E-state index is 0.136. The van der Waals surface area contributed by atoms with E-state index in [0.717, 1.165) is 39.0 Å². The molecular formula is C41H33BrN8O7. The van der Waals surface area contributed by atoms with E-state index in [-0.39, 0.29) is 5.91 Å². The second-order valence-electron chi connectivity index (χ2n) is 12.2. The number of aromatic nitrogens is 6. The first-order valence-electron chi connectivity index (χ1n) is 17.2. The Bertz CT molecular complexity index is 2690. The first-order valence-corrected chi connectivity index (χ1v) is 18.3. The van der Waals surface area contributed by atoms with Gasteiger partial charge in [-0.2, -0.15) is 0 Å². The van der Waals surface area contributed by atoms with Gasteiger partial charge in [0, 0.05) is 47.1 Å². The molecule has 16 heteroatoms. The second-order valence-corrected chi connectivity index (χ2v) is 12.7. The largest absolute Gasteiger partial charge is 0.495 e. The fourth-order valence-corrected chi connectivity index (χ4v) is 6.16. The van der Waals surface area contributed by atoms with Crippen molar-refractivity contribution in [1.29, 1.82) is 0 Å². The monoisotopic (exact) mass is 828 g/mol. The number of carbonyl (C=O) groups is 2. The van der Waals surface area contributed by atoms with E-state index in [1.807, 2.05) is 54.6 Å². The minimum Gasteiger partial charge on any atom is -0.495 e. The maximum Gasteiger partial charge on any atom is 0.356 e. The molecule has 1 aliphatic heterocycles. The summed E-state index contributed by atoms with van der Waals surface area (Å²) in [6.07, 6.45) is 9.87. The predicted molar refractivity (Wildman–Crippen MR) is 215 cm³/mol. The third-order valence-electron chi connectivity index (χ3n) is 8.56. The van der Waals surface area contributed by atoms with Crippen molar-refractivity contribution in [2.75, 3.05) is 32.0 Å². The van der Waals surface area contributed by atoms with Crippen LogP contribution in [0.2, 0.25) is 0 Å². The van der Waals surface area contributed by atoms with Gasteiger partial charge in [0.2, 0.25) is 11.8 Å². The standard InChI is InChI=1S/C20H14N4O3.C12H9N3O.C9H10BrNO3/c1-26-15-7-13-11-24(20(25)18(13)22-10-15)14-4-5-17-16(8-14)23-19(27-17)12-3-2-6-21-9-12;13-9-3-4-11-10(6-9)15-12(16-11)8-2-1-5-14-7-8;1-13-7-3-6(4-10)8(11-5-7)9(12)14-2/h2-10H,11H2,1H3;1-7H,13H2;3,5H,4H2,1-2H3. The number of oxazole rings is 2. The summed E-state index contributed by atoms with van der Waals surface area (Å²) in [4.78, 5) is 50.9. The maximum atomic E-state index is 12.7. The molecule has 0 unspecified atom stereocenters. The van der Waals surface area contributed by atoms with Gasteiger partial charge in [0.15, 0.2) is 16.9 Å². The summed E-state index contributed by atoms with van der Waals surface area (Å²) < 4.78 is 26.2. The Morgan fingerprint density at radius 2 is 1.40 bits per heavy atom. The lowest BCUT2D eigenvalue weighted by molar-refractivity contribution is 0.0592. The number of nitrogens with two attached hydrogens (primary N) is 1.